The van der Waals surface area contributed by atoms with Crippen molar-refractivity contribution in [2.45, 2.75) is 0 Å². The summed E-state index contributed by atoms with van der Waals surface area (Å²) < 4.78 is 0. The van der Waals surface area contributed by atoms with E-state index in [4.69, 9.17) is 11.5 Å². The monoisotopic (exact) mass is 299 g/mol. The first-order valence-electron chi connectivity index (χ1n) is 7.54. The summed E-state index contributed by atoms with van der Waals surface area (Å²) in [5, 5.41) is 1.16. The number of aromatic nitrogens is 1. The van der Waals surface area contributed by atoms with Gasteiger partial charge in [0.25, 0.3) is 0 Å². The number of hydrogen-bond acceptors (Lipinski definition) is 2. The van der Waals surface area contributed by atoms with Crippen molar-refractivity contribution in [1.29, 1.82) is 0 Å². The van der Waals surface area contributed by atoms with E-state index in [1.807, 2.05) is 42.5 Å². The Labute approximate surface area is 134 Å². The molecule has 5 N–H and O–H groups in total. The van der Waals surface area contributed by atoms with Crippen molar-refractivity contribution in [2.24, 2.45) is 0 Å². The van der Waals surface area contributed by atoms with E-state index in [0.29, 0.717) is 0 Å². The van der Waals surface area contributed by atoms with Crippen LogP contribution in [-0.4, -0.2) is 4.98 Å². The number of fused-ring (bicyclic) bond motifs is 1. The second-order valence-corrected chi connectivity index (χ2v) is 5.73. The quantitative estimate of drug-likeness (QED) is 0.471. The van der Waals surface area contributed by atoms with E-state index in [1.54, 1.807) is 0 Å². The van der Waals surface area contributed by atoms with Crippen molar-refractivity contribution in [3.63, 3.8) is 0 Å². The highest BCUT2D eigenvalue weighted by Gasteiger charge is 2.04. The molecule has 0 atom stereocenters. The predicted octanol–water partition coefficient (Wildman–Crippen LogP) is 4.67. The number of H-pyrrole nitrogens is 1. The van der Waals surface area contributed by atoms with Crippen LogP contribution in [0, 0.1) is 0 Å². The zero-order chi connectivity index (χ0) is 15.8. The van der Waals surface area contributed by atoms with Gasteiger partial charge in [-0.15, -0.1) is 0 Å². The van der Waals surface area contributed by atoms with Crippen LogP contribution in [0.4, 0.5) is 11.4 Å². The maximum absolute atomic E-state index is 5.84. The Morgan fingerprint density at radius 1 is 0.565 bits per heavy atom. The molecule has 23 heavy (non-hydrogen) atoms. The molecule has 0 radical (unpaired) electrons. The number of aromatic amines is 1. The molecule has 3 nitrogen and oxygen atoms in total. The molecule has 4 rings (SSSR count). The van der Waals surface area contributed by atoms with E-state index >= 15 is 0 Å². The predicted molar refractivity (Wildman–Crippen MR) is 98.0 cm³/mol. The summed E-state index contributed by atoms with van der Waals surface area (Å²) in [6.45, 7) is 0. The van der Waals surface area contributed by atoms with Crippen LogP contribution in [0.1, 0.15) is 0 Å². The molecule has 0 saturated carbocycles. The van der Waals surface area contributed by atoms with E-state index in [0.717, 1.165) is 39.1 Å². The van der Waals surface area contributed by atoms with Gasteiger partial charge in [0.15, 0.2) is 0 Å². The van der Waals surface area contributed by atoms with Crippen LogP contribution >= 0.6 is 0 Å². The zero-order valence-corrected chi connectivity index (χ0v) is 12.6. The number of benzene rings is 3. The third-order valence-electron chi connectivity index (χ3n) is 4.09. The van der Waals surface area contributed by atoms with Gasteiger partial charge in [0.05, 0.1) is 0 Å². The molecular formula is C20H17N3. The van der Waals surface area contributed by atoms with Gasteiger partial charge in [0.1, 0.15) is 0 Å². The lowest BCUT2D eigenvalue weighted by Gasteiger charge is -2.04. The van der Waals surface area contributed by atoms with Gasteiger partial charge in [-0.25, -0.2) is 0 Å². The normalized spacial score (nSPS) is 11.0. The Kier molecular flexibility index (Phi) is 3.05. The van der Waals surface area contributed by atoms with Crippen molar-refractivity contribution in [3.8, 4) is 22.4 Å². The fraction of sp³-hybridized carbons (Fsp3) is 0. The largest absolute Gasteiger partial charge is 0.399 e. The third kappa shape index (κ3) is 2.53. The van der Waals surface area contributed by atoms with Crippen LogP contribution in [0.15, 0.2) is 72.8 Å². The second kappa shape index (κ2) is 5.21. The summed E-state index contributed by atoms with van der Waals surface area (Å²) in [4.78, 5) is 3.42. The summed E-state index contributed by atoms with van der Waals surface area (Å²) in [7, 11) is 0. The van der Waals surface area contributed by atoms with Gasteiger partial charge in [0.2, 0.25) is 0 Å². The summed E-state index contributed by atoms with van der Waals surface area (Å²) in [5.41, 5.74) is 18.8. The number of nitrogen functional groups attached to an aromatic ring is 2. The van der Waals surface area contributed by atoms with Gasteiger partial charge in [0, 0.05) is 28.0 Å². The van der Waals surface area contributed by atoms with Gasteiger partial charge in [-0.1, -0.05) is 42.5 Å². The standard InChI is InChI=1S/C20H17N3/c21-17-8-5-14(6-9-17)13-1-3-15(4-2-13)19-11-16-7-10-18(22)12-20(16)23-19/h1-12,23H,21-22H2. The van der Waals surface area contributed by atoms with Crippen molar-refractivity contribution in [3.05, 3.63) is 72.8 Å². The summed E-state index contributed by atoms with van der Waals surface area (Å²) in [5.74, 6) is 0. The van der Waals surface area contributed by atoms with Gasteiger partial charge in [-0.3, -0.25) is 0 Å². The Morgan fingerprint density at radius 2 is 1.13 bits per heavy atom. The molecular weight excluding hydrogens is 282 g/mol. The Balaban J connectivity index is 1.70. The minimum Gasteiger partial charge on any atom is -0.399 e. The summed E-state index contributed by atoms with van der Waals surface area (Å²) in [6.07, 6.45) is 0. The molecule has 1 heterocycles. The highest BCUT2D eigenvalue weighted by Crippen LogP contribution is 2.28. The maximum Gasteiger partial charge on any atom is 0.0479 e. The summed E-state index contributed by atoms with van der Waals surface area (Å²) in [6, 6.07) is 24.5. The number of hydrogen-bond donors (Lipinski definition) is 3. The topological polar surface area (TPSA) is 67.8 Å². The summed E-state index contributed by atoms with van der Waals surface area (Å²) >= 11 is 0. The van der Waals surface area contributed by atoms with Crippen LogP contribution < -0.4 is 11.5 Å². The van der Waals surface area contributed by atoms with E-state index in [-0.39, 0.29) is 0 Å². The minimum absolute atomic E-state index is 0.768. The van der Waals surface area contributed by atoms with Crippen LogP contribution in [0.2, 0.25) is 0 Å². The second-order valence-electron chi connectivity index (χ2n) is 5.73. The lowest BCUT2D eigenvalue weighted by atomic mass is 10.0. The molecule has 3 aromatic carbocycles. The highest BCUT2D eigenvalue weighted by molar-refractivity contribution is 5.88. The molecule has 0 aliphatic rings. The van der Waals surface area contributed by atoms with E-state index < -0.39 is 0 Å². The van der Waals surface area contributed by atoms with E-state index in [1.165, 1.54) is 5.56 Å². The van der Waals surface area contributed by atoms with Gasteiger partial charge in [-0.05, 0) is 47.0 Å². The lowest BCUT2D eigenvalue weighted by Crippen LogP contribution is -1.84. The van der Waals surface area contributed by atoms with Crippen LogP contribution in [-0.2, 0) is 0 Å². The average Bonchev–Trinajstić information content (AvgIpc) is 2.99. The van der Waals surface area contributed by atoms with Crippen molar-refractivity contribution in [1.82, 2.24) is 4.98 Å². The molecule has 1 aromatic heterocycles. The molecule has 0 spiro atoms. The molecule has 3 heteroatoms. The van der Waals surface area contributed by atoms with Crippen LogP contribution in [0.3, 0.4) is 0 Å². The first-order valence-corrected chi connectivity index (χ1v) is 7.54. The number of nitrogens with one attached hydrogen (secondary N) is 1. The zero-order valence-electron chi connectivity index (χ0n) is 12.6. The van der Waals surface area contributed by atoms with E-state index in [2.05, 4.69) is 35.3 Å². The SMILES string of the molecule is Nc1ccc(-c2ccc(-c3cc4ccc(N)cc4[nH]3)cc2)cc1. The molecule has 0 aliphatic heterocycles. The Hall–Kier alpha value is -3.20. The molecule has 0 aliphatic carbocycles. The molecule has 0 fully saturated rings. The molecule has 0 unspecified atom stereocenters. The molecule has 0 bridgehead atoms. The number of nitrogens with two attached hydrogens (primary N) is 2. The molecule has 0 amide bonds. The van der Waals surface area contributed by atoms with Crippen molar-refractivity contribution < 1.29 is 0 Å². The molecule has 0 saturated heterocycles. The van der Waals surface area contributed by atoms with Crippen LogP contribution in [0.25, 0.3) is 33.3 Å². The van der Waals surface area contributed by atoms with E-state index in [9.17, 15) is 0 Å². The first kappa shape index (κ1) is 13.5. The average molecular weight is 299 g/mol. The fourth-order valence-electron chi connectivity index (χ4n) is 2.82. The smallest absolute Gasteiger partial charge is 0.0479 e. The van der Waals surface area contributed by atoms with Crippen LogP contribution in [0.5, 0.6) is 0 Å². The van der Waals surface area contributed by atoms with Crippen molar-refractivity contribution >= 4 is 22.3 Å². The Morgan fingerprint density at radius 3 is 1.83 bits per heavy atom. The number of rotatable bonds is 2. The molecule has 4 aromatic rings. The van der Waals surface area contributed by atoms with Gasteiger partial charge in [-0.2, -0.15) is 0 Å². The van der Waals surface area contributed by atoms with Gasteiger partial charge < -0.3 is 16.5 Å². The molecule has 112 valence electrons. The highest BCUT2D eigenvalue weighted by atomic mass is 14.7. The fourth-order valence-corrected chi connectivity index (χ4v) is 2.82. The van der Waals surface area contributed by atoms with Crippen molar-refractivity contribution in [2.75, 3.05) is 11.5 Å². The number of anilines is 2. The Bertz CT molecular complexity index is 964. The third-order valence-corrected chi connectivity index (χ3v) is 4.09. The minimum atomic E-state index is 0.768. The van der Waals surface area contributed by atoms with Gasteiger partial charge >= 0.3 is 0 Å². The first-order chi connectivity index (χ1) is 11.2. The maximum atomic E-state index is 5.84. The lowest BCUT2D eigenvalue weighted by molar-refractivity contribution is 1.45.